The first-order valence-electron chi connectivity index (χ1n) is 13.2. The standard InChI is InChI=1S/C29H31BF2N4O3/c1-15-10-16(11-22(33)27(15)37)18-6-9-34-14-24(18)36-28(38)23-5-4-20(31)26(35-23)25-19(30)12-17(13-21(25)32)29(39)7-2-3-8-29/h4-6,9,12-16,22,27,37,39H,2-3,7-8,10-11,33H2,1H3,(H,36,38)/t15-,16+,22+,27+/m0/s1. The van der Waals surface area contributed by atoms with Crippen molar-refractivity contribution in [3.63, 3.8) is 0 Å². The third kappa shape index (κ3) is 5.33. The number of amides is 1. The number of nitrogens with two attached hydrogens (primary N) is 1. The van der Waals surface area contributed by atoms with Gasteiger partial charge in [-0.25, -0.2) is 13.8 Å². The second-order valence-corrected chi connectivity index (χ2v) is 10.9. The van der Waals surface area contributed by atoms with E-state index in [-0.39, 0.29) is 28.6 Å². The van der Waals surface area contributed by atoms with Gasteiger partial charge in [-0.1, -0.05) is 31.3 Å². The second kappa shape index (κ2) is 10.8. The van der Waals surface area contributed by atoms with Crippen molar-refractivity contribution in [1.29, 1.82) is 0 Å². The topological polar surface area (TPSA) is 121 Å². The monoisotopic (exact) mass is 532 g/mol. The number of nitrogens with one attached hydrogen (secondary N) is 1. The summed E-state index contributed by atoms with van der Waals surface area (Å²) in [5.41, 5.74) is 5.74. The van der Waals surface area contributed by atoms with E-state index in [0.29, 0.717) is 36.9 Å². The summed E-state index contributed by atoms with van der Waals surface area (Å²) in [6.07, 6.45) is 6.41. The highest BCUT2D eigenvalue weighted by Gasteiger charge is 2.35. The molecule has 1 amide bonds. The van der Waals surface area contributed by atoms with E-state index in [4.69, 9.17) is 13.6 Å². The van der Waals surface area contributed by atoms with Crippen LogP contribution in [0.5, 0.6) is 0 Å². The van der Waals surface area contributed by atoms with Crippen LogP contribution in [0.2, 0.25) is 0 Å². The number of hydrogen-bond donors (Lipinski definition) is 4. The lowest BCUT2D eigenvalue weighted by Gasteiger charge is -2.36. The average molecular weight is 532 g/mol. The molecule has 2 aliphatic carbocycles. The molecule has 4 atom stereocenters. The minimum absolute atomic E-state index is 0.00414. The number of carbonyl (C=O) groups excluding carboxylic acids is 1. The van der Waals surface area contributed by atoms with E-state index in [0.717, 1.165) is 24.5 Å². The Morgan fingerprint density at radius 2 is 1.90 bits per heavy atom. The minimum atomic E-state index is -1.17. The van der Waals surface area contributed by atoms with Crippen molar-refractivity contribution in [1.82, 2.24) is 9.97 Å². The summed E-state index contributed by atoms with van der Waals surface area (Å²) >= 11 is 0. The van der Waals surface area contributed by atoms with Gasteiger partial charge >= 0.3 is 0 Å². The molecule has 2 fully saturated rings. The first-order valence-corrected chi connectivity index (χ1v) is 13.2. The van der Waals surface area contributed by atoms with Crippen molar-refractivity contribution in [3.05, 3.63) is 71.2 Å². The van der Waals surface area contributed by atoms with Crippen molar-refractivity contribution in [2.75, 3.05) is 5.32 Å². The third-order valence-electron chi connectivity index (χ3n) is 8.18. The number of rotatable bonds is 5. The Hall–Kier alpha value is -3.21. The molecular weight excluding hydrogens is 501 g/mol. The molecule has 2 aliphatic rings. The molecular formula is C29H31BF2N4O3. The summed E-state index contributed by atoms with van der Waals surface area (Å²) < 4.78 is 30.2. The van der Waals surface area contributed by atoms with Gasteiger partial charge in [0.05, 0.1) is 23.6 Å². The molecule has 0 aliphatic heterocycles. The zero-order valence-corrected chi connectivity index (χ0v) is 21.7. The van der Waals surface area contributed by atoms with Crippen LogP contribution in [0.15, 0.2) is 42.7 Å². The van der Waals surface area contributed by atoms with Crippen molar-refractivity contribution in [2.24, 2.45) is 11.7 Å². The highest BCUT2D eigenvalue weighted by atomic mass is 19.1. The number of carbonyl (C=O) groups is 1. The smallest absolute Gasteiger partial charge is 0.274 e. The summed E-state index contributed by atoms with van der Waals surface area (Å²) in [5.74, 6) is -2.31. The van der Waals surface area contributed by atoms with Crippen LogP contribution in [0.25, 0.3) is 11.3 Å². The Balaban J connectivity index is 1.43. The normalized spacial score (nSPS) is 24.5. The molecule has 0 spiro atoms. The van der Waals surface area contributed by atoms with Gasteiger partial charge in [0.15, 0.2) is 0 Å². The Labute approximate surface area is 227 Å². The molecule has 5 N–H and O–H groups in total. The number of aromatic nitrogens is 2. The van der Waals surface area contributed by atoms with Gasteiger partial charge in [-0.2, -0.15) is 0 Å². The van der Waals surface area contributed by atoms with Crippen LogP contribution < -0.4 is 16.5 Å². The highest BCUT2D eigenvalue weighted by molar-refractivity contribution is 6.36. The molecule has 10 heteroatoms. The molecule has 5 rings (SSSR count). The predicted molar refractivity (Wildman–Crippen MR) is 145 cm³/mol. The van der Waals surface area contributed by atoms with E-state index < -0.39 is 41.0 Å². The minimum Gasteiger partial charge on any atom is -0.391 e. The molecule has 0 bridgehead atoms. The van der Waals surface area contributed by atoms with Crippen molar-refractivity contribution < 1.29 is 23.8 Å². The van der Waals surface area contributed by atoms with E-state index in [2.05, 4.69) is 15.3 Å². The Bertz CT molecular complexity index is 1360. The molecule has 1 aromatic carbocycles. The SMILES string of the molecule is [B]c1cc(C2(O)CCCC2)cc(F)c1-c1nc(C(=O)Nc2cnccc2[C@H]2C[C@@H](N)[C@H](O)[C@@H](C)C2)ccc1F. The Morgan fingerprint density at radius 3 is 2.59 bits per heavy atom. The fourth-order valence-corrected chi connectivity index (χ4v) is 6.02. The van der Waals surface area contributed by atoms with Gasteiger partial charge in [0.2, 0.25) is 0 Å². The summed E-state index contributed by atoms with van der Waals surface area (Å²) in [7, 11) is 6.14. The molecule has 2 radical (unpaired) electrons. The number of benzene rings is 1. The molecule has 202 valence electrons. The van der Waals surface area contributed by atoms with Gasteiger partial charge in [-0.15, -0.1) is 0 Å². The molecule has 0 unspecified atom stereocenters. The van der Waals surface area contributed by atoms with Crippen molar-refractivity contribution >= 4 is 24.9 Å². The first-order chi connectivity index (χ1) is 18.6. The lowest BCUT2D eigenvalue weighted by Crippen LogP contribution is -2.44. The van der Waals surface area contributed by atoms with Crippen LogP contribution in [0.4, 0.5) is 14.5 Å². The number of aliphatic hydroxyl groups is 2. The Morgan fingerprint density at radius 1 is 1.15 bits per heavy atom. The molecule has 39 heavy (non-hydrogen) atoms. The average Bonchev–Trinajstić information content (AvgIpc) is 3.35. The maximum absolute atomic E-state index is 15.3. The van der Waals surface area contributed by atoms with Crippen LogP contribution >= 0.6 is 0 Å². The molecule has 2 aromatic heterocycles. The molecule has 3 aromatic rings. The van der Waals surface area contributed by atoms with Gasteiger partial charge in [0.25, 0.3) is 5.91 Å². The summed E-state index contributed by atoms with van der Waals surface area (Å²) in [4.78, 5) is 21.5. The van der Waals surface area contributed by atoms with E-state index in [1.165, 1.54) is 24.4 Å². The van der Waals surface area contributed by atoms with Gasteiger partial charge in [0.1, 0.15) is 30.9 Å². The summed E-state index contributed by atoms with van der Waals surface area (Å²) in [5, 5.41) is 23.9. The lowest BCUT2D eigenvalue weighted by atomic mass is 9.74. The first kappa shape index (κ1) is 27.4. The van der Waals surface area contributed by atoms with Gasteiger partial charge in [-0.05, 0) is 72.9 Å². The molecule has 0 saturated heterocycles. The maximum atomic E-state index is 15.3. The number of pyridine rings is 2. The van der Waals surface area contributed by atoms with Crippen LogP contribution in [-0.4, -0.2) is 46.1 Å². The fourth-order valence-electron chi connectivity index (χ4n) is 6.02. The van der Waals surface area contributed by atoms with E-state index in [9.17, 15) is 19.4 Å². The number of hydrogen-bond acceptors (Lipinski definition) is 6. The molecule has 2 saturated carbocycles. The lowest BCUT2D eigenvalue weighted by molar-refractivity contribution is 0.0442. The van der Waals surface area contributed by atoms with Crippen LogP contribution in [-0.2, 0) is 5.60 Å². The highest BCUT2D eigenvalue weighted by Crippen LogP contribution is 2.40. The number of nitrogens with zero attached hydrogens (tertiary/aromatic N) is 2. The number of anilines is 1. The number of aliphatic hydroxyl groups excluding tert-OH is 1. The summed E-state index contributed by atoms with van der Waals surface area (Å²) in [6, 6.07) is 6.28. The van der Waals surface area contributed by atoms with Crippen molar-refractivity contribution in [3.8, 4) is 11.3 Å². The van der Waals surface area contributed by atoms with Crippen LogP contribution in [0.1, 0.15) is 73.0 Å². The Kier molecular flexibility index (Phi) is 7.54. The third-order valence-corrected chi connectivity index (χ3v) is 8.18. The summed E-state index contributed by atoms with van der Waals surface area (Å²) in [6.45, 7) is 1.94. The van der Waals surface area contributed by atoms with Gasteiger partial charge in [-0.3, -0.25) is 9.78 Å². The molecule has 7 nitrogen and oxygen atoms in total. The fraction of sp³-hybridized carbons (Fsp3) is 0.414. The van der Waals surface area contributed by atoms with Crippen LogP contribution in [0, 0.1) is 17.6 Å². The van der Waals surface area contributed by atoms with Crippen LogP contribution in [0.3, 0.4) is 0 Å². The number of halogens is 2. The van der Waals surface area contributed by atoms with Gasteiger partial charge < -0.3 is 21.3 Å². The largest absolute Gasteiger partial charge is 0.391 e. The predicted octanol–water partition coefficient (Wildman–Crippen LogP) is 3.43. The van der Waals surface area contributed by atoms with Gasteiger partial charge in [0, 0.05) is 17.8 Å². The zero-order valence-electron chi connectivity index (χ0n) is 21.7. The quantitative estimate of drug-likeness (QED) is 0.374. The molecule has 2 heterocycles. The van der Waals surface area contributed by atoms with E-state index in [1.54, 1.807) is 12.3 Å². The second-order valence-electron chi connectivity index (χ2n) is 10.9. The maximum Gasteiger partial charge on any atom is 0.274 e. The van der Waals surface area contributed by atoms with E-state index in [1.807, 2.05) is 6.92 Å². The van der Waals surface area contributed by atoms with E-state index >= 15 is 4.39 Å². The van der Waals surface area contributed by atoms with Crippen molar-refractivity contribution in [2.45, 2.75) is 69.1 Å². The zero-order chi connectivity index (χ0) is 27.9.